The van der Waals surface area contributed by atoms with Crippen molar-refractivity contribution in [2.45, 2.75) is 47.0 Å². The number of carbonyl (C=O) groups excluding carboxylic acids is 1. The Balaban J connectivity index is 1.44. The molecule has 1 aliphatic rings. The van der Waals surface area contributed by atoms with Crippen molar-refractivity contribution in [3.8, 4) is 0 Å². The summed E-state index contributed by atoms with van der Waals surface area (Å²) in [5, 5.41) is 3.71. The van der Waals surface area contributed by atoms with Crippen LogP contribution in [0.4, 0.5) is 5.13 Å². The van der Waals surface area contributed by atoms with E-state index in [-0.39, 0.29) is 5.91 Å². The van der Waals surface area contributed by atoms with Crippen LogP contribution in [-0.2, 0) is 4.79 Å². The second kappa shape index (κ2) is 8.05. The molecule has 5 heteroatoms. The Morgan fingerprint density at radius 3 is 2.65 bits per heavy atom. The first kappa shape index (κ1) is 19.3. The molecule has 4 nitrogen and oxygen atoms in total. The molecule has 1 unspecified atom stereocenters. The van der Waals surface area contributed by atoms with Gasteiger partial charge in [-0.1, -0.05) is 51.2 Å². The summed E-state index contributed by atoms with van der Waals surface area (Å²) in [4.78, 5) is 19.4. The highest BCUT2D eigenvalue weighted by atomic mass is 32.1. The van der Waals surface area contributed by atoms with E-state index in [9.17, 15) is 4.79 Å². The van der Waals surface area contributed by atoms with Gasteiger partial charge in [0.25, 0.3) is 0 Å². The van der Waals surface area contributed by atoms with Crippen LogP contribution in [0.2, 0.25) is 0 Å². The molecule has 0 radical (unpaired) electrons. The predicted octanol–water partition coefficient (Wildman–Crippen LogP) is 5.02. The highest BCUT2D eigenvalue weighted by molar-refractivity contribution is 7.22. The van der Waals surface area contributed by atoms with Crippen molar-refractivity contribution in [1.29, 1.82) is 0 Å². The summed E-state index contributed by atoms with van der Waals surface area (Å²) in [6, 6.07) is 8.00. The molecule has 142 valence electrons. The molecule has 0 saturated carbocycles. The monoisotopic (exact) mass is 373 g/mol. The van der Waals surface area contributed by atoms with E-state index in [1.807, 2.05) is 24.3 Å². The summed E-state index contributed by atoms with van der Waals surface area (Å²) >= 11 is 1.55. The second-order valence-corrected chi connectivity index (χ2v) is 9.78. The van der Waals surface area contributed by atoms with E-state index >= 15 is 0 Å². The second-order valence-electron chi connectivity index (χ2n) is 8.75. The van der Waals surface area contributed by atoms with Crippen LogP contribution in [-0.4, -0.2) is 35.4 Å². The molecule has 1 fully saturated rings. The standard InChI is InChI=1S/C21H31N3OS/c1-15(21(2,3)4)14-24-11-9-16(10-12-24)13-19(25)23-20-22-17-7-5-6-8-18(17)26-20/h5-8,15-16H,9-14H2,1-4H3,(H,22,23,25). The molecule has 0 bridgehead atoms. The van der Waals surface area contributed by atoms with E-state index in [0.717, 1.165) is 42.7 Å². The molecular weight excluding hydrogens is 342 g/mol. The van der Waals surface area contributed by atoms with Gasteiger partial charge in [-0.15, -0.1) is 0 Å². The summed E-state index contributed by atoms with van der Waals surface area (Å²) in [5.41, 5.74) is 1.31. The minimum absolute atomic E-state index is 0.102. The Morgan fingerprint density at radius 1 is 1.31 bits per heavy atom. The molecule has 0 aliphatic carbocycles. The van der Waals surface area contributed by atoms with Gasteiger partial charge >= 0.3 is 0 Å². The average molecular weight is 374 g/mol. The van der Waals surface area contributed by atoms with Gasteiger partial charge in [-0.05, 0) is 55.3 Å². The number of nitrogens with one attached hydrogen (secondary N) is 1. The lowest BCUT2D eigenvalue weighted by Crippen LogP contribution is -2.40. The fourth-order valence-corrected chi connectivity index (χ4v) is 4.27. The smallest absolute Gasteiger partial charge is 0.226 e. The van der Waals surface area contributed by atoms with Gasteiger partial charge in [0.15, 0.2) is 5.13 Å². The van der Waals surface area contributed by atoms with Crippen LogP contribution in [0, 0.1) is 17.3 Å². The molecule has 1 saturated heterocycles. The zero-order valence-corrected chi connectivity index (χ0v) is 17.2. The first-order valence-corrected chi connectivity index (χ1v) is 10.5. The Labute approximate surface area is 161 Å². The lowest BCUT2D eigenvalue weighted by Gasteiger charge is -2.37. The van der Waals surface area contributed by atoms with E-state index in [1.165, 1.54) is 0 Å². The first-order valence-electron chi connectivity index (χ1n) is 9.69. The molecule has 1 aliphatic heterocycles. The molecule has 2 aromatic rings. The molecule has 1 atom stereocenters. The summed E-state index contributed by atoms with van der Waals surface area (Å²) in [7, 11) is 0. The van der Waals surface area contributed by atoms with Crippen molar-refractivity contribution in [3.05, 3.63) is 24.3 Å². The Bertz CT molecular complexity index is 708. The third-order valence-electron chi connectivity index (χ3n) is 5.73. The van der Waals surface area contributed by atoms with Crippen molar-refractivity contribution in [3.63, 3.8) is 0 Å². The lowest BCUT2D eigenvalue weighted by atomic mass is 9.81. The molecule has 0 spiro atoms. The van der Waals surface area contributed by atoms with Gasteiger partial charge < -0.3 is 10.2 Å². The zero-order valence-electron chi connectivity index (χ0n) is 16.4. The number of benzene rings is 1. The zero-order chi connectivity index (χ0) is 18.7. The number of aromatic nitrogens is 1. The number of hydrogen-bond donors (Lipinski definition) is 1. The molecular formula is C21H31N3OS. The van der Waals surface area contributed by atoms with Crippen molar-refractivity contribution in [2.24, 2.45) is 17.3 Å². The van der Waals surface area contributed by atoms with Crippen molar-refractivity contribution < 1.29 is 4.79 Å². The fraction of sp³-hybridized carbons (Fsp3) is 0.619. The fourth-order valence-electron chi connectivity index (χ4n) is 3.39. The van der Waals surface area contributed by atoms with Crippen LogP contribution in [0.15, 0.2) is 24.3 Å². The van der Waals surface area contributed by atoms with Crippen LogP contribution in [0.3, 0.4) is 0 Å². The Hall–Kier alpha value is -1.46. The molecule has 1 N–H and O–H groups in total. The maximum atomic E-state index is 12.4. The van der Waals surface area contributed by atoms with E-state index in [4.69, 9.17) is 0 Å². The van der Waals surface area contributed by atoms with Crippen LogP contribution >= 0.6 is 11.3 Å². The SMILES string of the molecule is CC(CN1CCC(CC(=O)Nc2nc3ccccc3s2)CC1)C(C)(C)C. The van der Waals surface area contributed by atoms with Gasteiger partial charge in [0.05, 0.1) is 10.2 Å². The average Bonchev–Trinajstić information content (AvgIpc) is 2.97. The number of para-hydroxylation sites is 1. The maximum absolute atomic E-state index is 12.4. The Kier molecular flexibility index (Phi) is 5.98. The van der Waals surface area contributed by atoms with Crippen LogP contribution in [0.5, 0.6) is 0 Å². The number of rotatable bonds is 5. The van der Waals surface area contributed by atoms with Crippen molar-refractivity contribution in [2.75, 3.05) is 25.0 Å². The van der Waals surface area contributed by atoms with E-state index in [2.05, 4.69) is 42.9 Å². The number of nitrogens with zero attached hydrogens (tertiary/aromatic N) is 2. The largest absolute Gasteiger partial charge is 0.303 e. The molecule has 1 amide bonds. The van der Waals surface area contributed by atoms with Gasteiger partial charge in [-0.2, -0.15) is 0 Å². The minimum atomic E-state index is 0.102. The minimum Gasteiger partial charge on any atom is -0.303 e. The summed E-state index contributed by atoms with van der Waals surface area (Å²) < 4.78 is 1.11. The molecule has 26 heavy (non-hydrogen) atoms. The van der Waals surface area contributed by atoms with E-state index in [1.54, 1.807) is 11.3 Å². The van der Waals surface area contributed by atoms with Crippen LogP contribution in [0.1, 0.15) is 47.0 Å². The van der Waals surface area contributed by atoms with Crippen LogP contribution < -0.4 is 5.32 Å². The van der Waals surface area contributed by atoms with Gasteiger partial charge in [0, 0.05) is 13.0 Å². The number of amides is 1. The highest BCUT2D eigenvalue weighted by Crippen LogP contribution is 2.29. The number of likely N-dealkylation sites (tertiary alicyclic amines) is 1. The summed E-state index contributed by atoms with van der Waals surface area (Å²) in [6.45, 7) is 12.7. The van der Waals surface area contributed by atoms with Crippen molar-refractivity contribution in [1.82, 2.24) is 9.88 Å². The quantitative estimate of drug-likeness (QED) is 0.800. The normalized spacial score (nSPS) is 18.2. The topological polar surface area (TPSA) is 45.2 Å². The van der Waals surface area contributed by atoms with Gasteiger partial charge in [-0.3, -0.25) is 4.79 Å². The first-order chi connectivity index (χ1) is 12.3. The number of carbonyl (C=O) groups is 1. The molecule has 2 heterocycles. The third-order valence-corrected chi connectivity index (χ3v) is 6.68. The van der Waals surface area contributed by atoms with Gasteiger partial charge in [-0.25, -0.2) is 4.98 Å². The number of piperidine rings is 1. The Morgan fingerprint density at radius 2 is 2.00 bits per heavy atom. The van der Waals surface area contributed by atoms with Gasteiger partial charge in [0.1, 0.15) is 0 Å². The van der Waals surface area contributed by atoms with E-state index in [0.29, 0.717) is 28.8 Å². The molecule has 3 rings (SSSR count). The van der Waals surface area contributed by atoms with E-state index < -0.39 is 0 Å². The molecule has 1 aromatic carbocycles. The third kappa shape index (κ3) is 5.04. The molecule has 1 aromatic heterocycles. The maximum Gasteiger partial charge on any atom is 0.226 e. The number of thiazole rings is 1. The highest BCUT2D eigenvalue weighted by Gasteiger charge is 2.26. The predicted molar refractivity (Wildman–Crippen MR) is 111 cm³/mol. The summed E-state index contributed by atoms with van der Waals surface area (Å²) in [6.07, 6.45) is 2.84. The summed E-state index contributed by atoms with van der Waals surface area (Å²) in [5.74, 6) is 1.28. The number of hydrogen-bond acceptors (Lipinski definition) is 4. The number of anilines is 1. The lowest BCUT2D eigenvalue weighted by molar-refractivity contribution is -0.117. The van der Waals surface area contributed by atoms with Gasteiger partial charge in [0.2, 0.25) is 5.91 Å². The number of fused-ring (bicyclic) bond motifs is 1. The van der Waals surface area contributed by atoms with Crippen molar-refractivity contribution >= 4 is 32.6 Å². The van der Waals surface area contributed by atoms with Crippen LogP contribution in [0.25, 0.3) is 10.2 Å².